The highest BCUT2D eigenvalue weighted by molar-refractivity contribution is 8.01. The maximum Gasteiger partial charge on any atom is 0.293 e. The zero-order chi connectivity index (χ0) is 20.0. The molecule has 0 aliphatic heterocycles. The summed E-state index contributed by atoms with van der Waals surface area (Å²) in [5.74, 6) is -0.165. The minimum absolute atomic E-state index is 0.122. The molecule has 0 radical (unpaired) electrons. The fourth-order valence-corrected chi connectivity index (χ4v) is 4.79. The second-order valence-corrected chi connectivity index (χ2v) is 7.95. The number of rotatable bonds is 3. The standard InChI is InChI=1S/C23H14N2O3S/c26-23-17-12-15-7-2-4-10-18(15)24-22(17)19(25(27)28)13-21(23)29-20-11-5-8-14-6-1-3-9-16(14)20/h1-13,21H. The van der Waals surface area contributed by atoms with Gasteiger partial charge in [-0.05, 0) is 29.0 Å². The van der Waals surface area contributed by atoms with Gasteiger partial charge in [0, 0.05) is 16.4 Å². The van der Waals surface area contributed by atoms with Crippen LogP contribution in [0.3, 0.4) is 0 Å². The van der Waals surface area contributed by atoms with Gasteiger partial charge in [-0.3, -0.25) is 14.9 Å². The Bertz CT molecular complexity index is 1340. The lowest BCUT2D eigenvalue weighted by Crippen LogP contribution is -2.24. The molecule has 0 fully saturated rings. The van der Waals surface area contributed by atoms with Crippen molar-refractivity contribution in [3.8, 4) is 0 Å². The van der Waals surface area contributed by atoms with Crippen molar-refractivity contribution >= 4 is 44.9 Å². The molecule has 1 aliphatic rings. The van der Waals surface area contributed by atoms with E-state index in [9.17, 15) is 14.9 Å². The molecule has 0 amide bonds. The number of benzene rings is 3. The largest absolute Gasteiger partial charge is 0.293 e. The molecule has 5 rings (SSSR count). The summed E-state index contributed by atoms with van der Waals surface area (Å²) < 4.78 is 0. The first-order valence-corrected chi connectivity index (χ1v) is 9.95. The van der Waals surface area contributed by atoms with E-state index in [1.807, 2.05) is 60.7 Å². The Morgan fingerprint density at radius 2 is 1.66 bits per heavy atom. The van der Waals surface area contributed by atoms with Gasteiger partial charge in [-0.2, -0.15) is 0 Å². The molecule has 0 spiro atoms. The fraction of sp³-hybridized carbons (Fsp3) is 0.0435. The predicted molar refractivity (Wildman–Crippen MR) is 115 cm³/mol. The van der Waals surface area contributed by atoms with Gasteiger partial charge in [0.2, 0.25) is 0 Å². The van der Waals surface area contributed by atoms with Crippen LogP contribution in [0.25, 0.3) is 27.4 Å². The number of fused-ring (bicyclic) bond motifs is 3. The molecule has 1 aromatic heterocycles. The smallest absolute Gasteiger partial charge is 0.292 e. The molecule has 0 N–H and O–H groups in total. The van der Waals surface area contributed by atoms with Crippen LogP contribution in [0.5, 0.6) is 0 Å². The second kappa shape index (κ2) is 6.83. The molecule has 1 unspecified atom stereocenters. The van der Waals surface area contributed by atoms with Crippen molar-refractivity contribution in [3.05, 3.63) is 100 Å². The van der Waals surface area contributed by atoms with Crippen LogP contribution in [0.1, 0.15) is 16.1 Å². The van der Waals surface area contributed by atoms with Gasteiger partial charge in [0.1, 0.15) is 0 Å². The number of hydrogen-bond acceptors (Lipinski definition) is 5. The summed E-state index contributed by atoms with van der Waals surface area (Å²) in [6, 6.07) is 22.8. The highest BCUT2D eigenvalue weighted by atomic mass is 32.2. The first-order chi connectivity index (χ1) is 14.1. The number of thioether (sulfide) groups is 1. The molecular formula is C23H14N2O3S. The molecule has 0 saturated heterocycles. The van der Waals surface area contributed by atoms with E-state index in [4.69, 9.17) is 0 Å². The number of aromatic nitrogens is 1. The van der Waals surface area contributed by atoms with Gasteiger partial charge in [0.25, 0.3) is 5.70 Å². The number of pyridine rings is 1. The van der Waals surface area contributed by atoms with E-state index in [1.165, 1.54) is 17.8 Å². The zero-order valence-corrected chi connectivity index (χ0v) is 15.9. The van der Waals surface area contributed by atoms with E-state index in [1.54, 1.807) is 12.1 Å². The lowest BCUT2D eigenvalue weighted by molar-refractivity contribution is -0.376. The number of carbonyl (C=O) groups excluding carboxylic acids is 1. The van der Waals surface area contributed by atoms with Crippen molar-refractivity contribution < 1.29 is 9.72 Å². The average molecular weight is 398 g/mol. The molecule has 0 saturated carbocycles. The van der Waals surface area contributed by atoms with Gasteiger partial charge in [-0.15, -0.1) is 11.8 Å². The summed E-state index contributed by atoms with van der Waals surface area (Å²) in [5, 5.41) is 13.9. The monoisotopic (exact) mass is 398 g/mol. The maximum atomic E-state index is 13.2. The van der Waals surface area contributed by atoms with E-state index in [-0.39, 0.29) is 17.2 Å². The maximum absolute atomic E-state index is 13.2. The Balaban J connectivity index is 1.64. The minimum Gasteiger partial charge on any atom is -0.292 e. The summed E-state index contributed by atoms with van der Waals surface area (Å²) in [5.41, 5.74) is 0.958. The number of nitrogens with zero attached hydrogens (tertiary/aromatic N) is 2. The number of nitro groups is 1. The fourth-order valence-electron chi connectivity index (χ4n) is 3.62. The molecule has 29 heavy (non-hydrogen) atoms. The van der Waals surface area contributed by atoms with Gasteiger partial charge >= 0.3 is 0 Å². The molecule has 1 aliphatic carbocycles. The summed E-state index contributed by atoms with van der Waals surface area (Å²) >= 11 is 1.33. The van der Waals surface area contributed by atoms with Gasteiger partial charge in [0.15, 0.2) is 11.5 Å². The number of Topliss-reactive ketones (excluding diaryl/α,β-unsaturated/α-hetero) is 1. The minimum atomic E-state index is -0.684. The summed E-state index contributed by atoms with van der Waals surface area (Å²) in [4.78, 5) is 29.9. The van der Waals surface area contributed by atoms with Crippen molar-refractivity contribution in [1.82, 2.24) is 4.98 Å². The second-order valence-electron chi connectivity index (χ2n) is 6.77. The highest BCUT2D eigenvalue weighted by Crippen LogP contribution is 2.38. The number of ketones is 1. The molecule has 6 heteroatoms. The van der Waals surface area contributed by atoms with Gasteiger partial charge in [-0.25, -0.2) is 4.98 Å². The van der Waals surface area contributed by atoms with E-state index in [0.717, 1.165) is 21.1 Å². The van der Waals surface area contributed by atoms with E-state index in [0.29, 0.717) is 11.1 Å². The van der Waals surface area contributed by atoms with Crippen LogP contribution < -0.4 is 0 Å². The third-order valence-corrected chi connectivity index (χ3v) is 6.21. The normalized spacial score (nSPS) is 15.9. The lowest BCUT2D eigenvalue weighted by Gasteiger charge is -2.19. The summed E-state index contributed by atoms with van der Waals surface area (Å²) in [7, 11) is 0. The zero-order valence-electron chi connectivity index (χ0n) is 15.1. The number of carbonyl (C=O) groups is 1. The molecule has 4 aromatic rings. The van der Waals surface area contributed by atoms with Crippen LogP contribution >= 0.6 is 11.8 Å². The van der Waals surface area contributed by atoms with E-state index >= 15 is 0 Å². The van der Waals surface area contributed by atoms with Crippen molar-refractivity contribution in [2.45, 2.75) is 10.1 Å². The van der Waals surface area contributed by atoms with Gasteiger partial charge in [-0.1, -0.05) is 54.6 Å². The first-order valence-electron chi connectivity index (χ1n) is 9.07. The van der Waals surface area contributed by atoms with Gasteiger partial charge < -0.3 is 0 Å². The van der Waals surface area contributed by atoms with Crippen LogP contribution in [0.4, 0.5) is 0 Å². The van der Waals surface area contributed by atoms with Crippen LogP contribution in [-0.2, 0) is 0 Å². The SMILES string of the molecule is O=C1c2cc3ccccc3nc2C([N+](=O)[O-])=CC1Sc1cccc2ccccc12. The molecule has 0 bridgehead atoms. The number of hydrogen-bond donors (Lipinski definition) is 0. The third kappa shape index (κ3) is 2.98. The van der Waals surface area contributed by atoms with Crippen LogP contribution in [-0.4, -0.2) is 20.9 Å². The van der Waals surface area contributed by atoms with Crippen LogP contribution in [0, 0.1) is 10.1 Å². The molecule has 140 valence electrons. The Hall–Kier alpha value is -3.51. The van der Waals surface area contributed by atoms with Crippen LogP contribution in [0.15, 0.2) is 83.8 Å². The third-order valence-electron chi connectivity index (χ3n) is 5.00. The Morgan fingerprint density at radius 3 is 2.48 bits per heavy atom. The molecule has 5 nitrogen and oxygen atoms in total. The quantitative estimate of drug-likeness (QED) is 0.343. The predicted octanol–water partition coefficient (Wildman–Crippen LogP) is 5.36. The van der Waals surface area contributed by atoms with Crippen LogP contribution in [0.2, 0.25) is 0 Å². The summed E-state index contributed by atoms with van der Waals surface area (Å²) in [6.07, 6.45) is 1.43. The highest BCUT2D eigenvalue weighted by Gasteiger charge is 2.35. The van der Waals surface area contributed by atoms with Crippen molar-refractivity contribution in [1.29, 1.82) is 0 Å². The Kier molecular flexibility index (Phi) is 4.14. The topological polar surface area (TPSA) is 73.1 Å². The van der Waals surface area contributed by atoms with Gasteiger partial charge in [0.05, 0.1) is 21.3 Å². The molecule has 1 heterocycles. The Morgan fingerprint density at radius 1 is 0.931 bits per heavy atom. The number of para-hydroxylation sites is 1. The molecular weight excluding hydrogens is 384 g/mol. The van der Waals surface area contributed by atoms with E-state index in [2.05, 4.69) is 4.98 Å². The summed E-state index contributed by atoms with van der Waals surface area (Å²) in [6.45, 7) is 0. The van der Waals surface area contributed by atoms with Crippen molar-refractivity contribution in [2.75, 3.05) is 0 Å². The van der Waals surface area contributed by atoms with Crippen molar-refractivity contribution in [3.63, 3.8) is 0 Å². The Labute approximate surface area is 170 Å². The van der Waals surface area contributed by atoms with Crippen molar-refractivity contribution in [2.24, 2.45) is 0 Å². The van der Waals surface area contributed by atoms with E-state index < -0.39 is 10.2 Å². The molecule has 3 aromatic carbocycles. The molecule has 1 atom stereocenters. The lowest BCUT2D eigenvalue weighted by atomic mass is 9.96. The first kappa shape index (κ1) is 17.6. The average Bonchev–Trinajstić information content (AvgIpc) is 2.74.